The van der Waals surface area contributed by atoms with Gasteiger partial charge in [-0.3, -0.25) is 4.79 Å². The second kappa shape index (κ2) is 7.43. The predicted octanol–water partition coefficient (Wildman–Crippen LogP) is 4.06. The molecule has 0 bridgehead atoms. The van der Waals surface area contributed by atoms with Crippen LogP contribution in [0.5, 0.6) is 0 Å². The molecule has 0 unspecified atom stereocenters. The highest BCUT2D eigenvalue weighted by atomic mass is 35.5. The topological polar surface area (TPSA) is 54.9 Å². The molecule has 2 rings (SSSR count). The first kappa shape index (κ1) is 15.8. The maximum absolute atomic E-state index is 12.4. The van der Waals surface area contributed by atoms with Gasteiger partial charge >= 0.3 is 0 Å². The van der Waals surface area contributed by atoms with E-state index < -0.39 is 0 Å². The number of benzene rings is 1. The molecule has 0 saturated heterocycles. The van der Waals surface area contributed by atoms with Gasteiger partial charge in [-0.25, -0.2) is 9.97 Å². The minimum Gasteiger partial charge on any atom is -0.322 e. The van der Waals surface area contributed by atoms with Crippen LogP contribution >= 0.6 is 23.4 Å². The van der Waals surface area contributed by atoms with Crippen LogP contribution in [0.1, 0.15) is 29.4 Å². The Kier molecular flexibility index (Phi) is 5.59. The third-order valence-corrected chi connectivity index (χ3v) is 3.68. The van der Waals surface area contributed by atoms with E-state index in [0.29, 0.717) is 21.4 Å². The smallest absolute Gasteiger partial charge is 0.259 e. The quantitative estimate of drug-likeness (QED) is 0.666. The van der Waals surface area contributed by atoms with Gasteiger partial charge in [0.05, 0.1) is 11.3 Å². The van der Waals surface area contributed by atoms with Crippen molar-refractivity contribution in [2.45, 2.75) is 24.9 Å². The molecule has 0 atom stereocenters. The lowest BCUT2D eigenvalue weighted by molar-refractivity contribution is 0.102. The normalized spacial score (nSPS) is 10.4. The lowest BCUT2D eigenvalue weighted by atomic mass is 10.1. The van der Waals surface area contributed by atoms with Gasteiger partial charge in [-0.15, -0.1) is 0 Å². The van der Waals surface area contributed by atoms with E-state index in [1.807, 2.05) is 6.26 Å². The predicted molar refractivity (Wildman–Crippen MR) is 87.2 cm³/mol. The number of nitrogens with zero attached hydrogens (tertiary/aromatic N) is 2. The number of hydrogen-bond donors (Lipinski definition) is 1. The summed E-state index contributed by atoms with van der Waals surface area (Å²) in [4.78, 5) is 21.0. The van der Waals surface area contributed by atoms with Crippen LogP contribution in [-0.2, 0) is 6.42 Å². The number of carbonyl (C=O) groups is 1. The van der Waals surface area contributed by atoms with Crippen molar-refractivity contribution in [2.75, 3.05) is 11.6 Å². The highest BCUT2D eigenvalue weighted by Gasteiger charge is 2.14. The fourth-order valence-electron chi connectivity index (χ4n) is 1.85. The van der Waals surface area contributed by atoms with Gasteiger partial charge in [-0.1, -0.05) is 36.7 Å². The van der Waals surface area contributed by atoms with Gasteiger partial charge in [0.1, 0.15) is 0 Å². The summed E-state index contributed by atoms with van der Waals surface area (Å²) in [5.74, 6) is -0.201. The van der Waals surface area contributed by atoms with Crippen LogP contribution in [0.25, 0.3) is 0 Å². The molecule has 1 aromatic heterocycles. The number of thioether (sulfide) groups is 1. The molecule has 0 saturated carbocycles. The molecule has 4 nitrogen and oxygen atoms in total. The minimum atomic E-state index is -0.201. The minimum absolute atomic E-state index is 0.201. The van der Waals surface area contributed by atoms with Gasteiger partial charge in [0.2, 0.25) is 0 Å². The van der Waals surface area contributed by atoms with Gasteiger partial charge < -0.3 is 5.32 Å². The SMILES string of the molecule is CCCc1nc(SC)ncc1C(=O)Nc1ccc(Cl)cc1. The van der Waals surface area contributed by atoms with E-state index >= 15 is 0 Å². The Hall–Kier alpha value is -1.59. The Morgan fingerprint density at radius 3 is 2.67 bits per heavy atom. The summed E-state index contributed by atoms with van der Waals surface area (Å²) < 4.78 is 0. The van der Waals surface area contributed by atoms with Crippen LogP contribution in [0.15, 0.2) is 35.6 Å². The third-order valence-electron chi connectivity index (χ3n) is 2.86. The summed E-state index contributed by atoms with van der Waals surface area (Å²) in [6.07, 6.45) is 5.18. The Labute approximate surface area is 133 Å². The monoisotopic (exact) mass is 321 g/mol. The van der Waals surface area contributed by atoms with E-state index in [1.54, 1.807) is 30.5 Å². The van der Waals surface area contributed by atoms with Crippen molar-refractivity contribution in [1.29, 1.82) is 0 Å². The molecule has 0 spiro atoms. The van der Waals surface area contributed by atoms with Crippen LogP contribution in [0.3, 0.4) is 0 Å². The van der Waals surface area contributed by atoms with E-state index in [1.165, 1.54) is 11.8 Å². The number of nitrogens with one attached hydrogen (secondary N) is 1. The Morgan fingerprint density at radius 2 is 2.05 bits per heavy atom. The summed E-state index contributed by atoms with van der Waals surface area (Å²) in [6.45, 7) is 2.06. The van der Waals surface area contributed by atoms with E-state index in [-0.39, 0.29) is 5.91 Å². The van der Waals surface area contributed by atoms with Crippen molar-refractivity contribution in [3.63, 3.8) is 0 Å². The van der Waals surface area contributed by atoms with Gasteiger partial charge in [0.15, 0.2) is 5.16 Å². The molecular formula is C15H16ClN3OS. The van der Waals surface area contributed by atoms with Gasteiger partial charge in [-0.2, -0.15) is 0 Å². The maximum Gasteiger partial charge on any atom is 0.259 e. The maximum atomic E-state index is 12.4. The molecule has 0 fully saturated rings. The summed E-state index contributed by atoms with van der Waals surface area (Å²) in [7, 11) is 0. The second-order valence-electron chi connectivity index (χ2n) is 4.43. The van der Waals surface area contributed by atoms with Crippen LogP contribution in [0, 0.1) is 0 Å². The van der Waals surface area contributed by atoms with Gasteiger partial charge in [0.25, 0.3) is 5.91 Å². The number of rotatable bonds is 5. The number of hydrogen-bond acceptors (Lipinski definition) is 4. The fraction of sp³-hybridized carbons (Fsp3) is 0.267. The summed E-state index contributed by atoms with van der Waals surface area (Å²) in [5, 5.41) is 4.15. The van der Waals surface area contributed by atoms with E-state index in [4.69, 9.17) is 11.6 Å². The van der Waals surface area contributed by atoms with Gasteiger partial charge in [0, 0.05) is 16.9 Å². The van der Waals surface area contributed by atoms with E-state index in [9.17, 15) is 4.79 Å². The molecule has 21 heavy (non-hydrogen) atoms. The molecule has 1 N–H and O–H groups in total. The van der Waals surface area contributed by atoms with Crippen molar-refractivity contribution < 1.29 is 4.79 Å². The highest BCUT2D eigenvalue weighted by Crippen LogP contribution is 2.17. The van der Waals surface area contributed by atoms with Crippen LogP contribution in [0.4, 0.5) is 5.69 Å². The third kappa shape index (κ3) is 4.19. The Balaban J connectivity index is 2.23. The lowest BCUT2D eigenvalue weighted by Crippen LogP contribution is -2.16. The number of carbonyl (C=O) groups excluding carboxylic acids is 1. The van der Waals surface area contributed by atoms with Crippen molar-refractivity contribution in [3.8, 4) is 0 Å². The molecular weight excluding hydrogens is 306 g/mol. The molecule has 0 aliphatic rings. The van der Waals surface area contributed by atoms with Crippen molar-refractivity contribution in [3.05, 3.63) is 46.7 Å². The largest absolute Gasteiger partial charge is 0.322 e. The molecule has 6 heteroatoms. The van der Waals surface area contributed by atoms with Crippen molar-refractivity contribution in [1.82, 2.24) is 9.97 Å². The average molecular weight is 322 g/mol. The molecule has 110 valence electrons. The summed E-state index contributed by atoms with van der Waals surface area (Å²) >= 11 is 7.30. The first-order valence-electron chi connectivity index (χ1n) is 6.61. The van der Waals surface area contributed by atoms with Crippen molar-refractivity contribution in [2.24, 2.45) is 0 Å². The zero-order valence-corrected chi connectivity index (χ0v) is 13.5. The second-order valence-corrected chi connectivity index (χ2v) is 5.64. The number of amides is 1. The average Bonchev–Trinajstić information content (AvgIpc) is 2.49. The first-order chi connectivity index (χ1) is 10.1. The molecule has 1 aromatic carbocycles. The molecule has 0 radical (unpaired) electrons. The highest BCUT2D eigenvalue weighted by molar-refractivity contribution is 7.98. The number of aryl methyl sites for hydroxylation is 1. The number of halogens is 1. The molecule has 0 aliphatic heterocycles. The summed E-state index contributed by atoms with van der Waals surface area (Å²) in [5.41, 5.74) is 1.99. The molecule has 0 aliphatic carbocycles. The van der Waals surface area contributed by atoms with Crippen LogP contribution in [-0.4, -0.2) is 22.1 Å². The summed E-state index contributed by atoms with van der Waals surface area (Å²) in [6, 6.07) is 6.99. The van der Waals surface area contributed by atoms with Crippen LogP contribution < -0.4 is 5.32 Å². The van der Waals surface area contributed by atoms with Gasteiger partial charge in [-0.05, 0) is 36.9 Å². The van der Waals surface area contributed by atoms with E-state index in [0.717, 1.165) is 18.5 Å². The van der Waals surface area contributed by atoms with E-state index in [2.05, 4.69) is 22.2 Å². The number of anilines is 1. The Bertz CT molecular complexity index is 631. The number of aromatic nitrogens is 2. The standard InChI is InChI=1S/C15H16ClN3OS/c1-3-4-13-12(9-17-15(19-13)21-2)14(20)18-11-7-5-10(16)6-8-11/h5-9H,3-4H2,1-2H3,(H,18,20). The first-order valence-corrected chi connectivity index (χ1v) is 8.21. The Morgan fingerprint density at radius 1 is 1.33 bits per heavy atom. The lowest BCUT2D eigenvalue weighted by Gasteiger charge is -2.09. The van der Waals surface area contributed by atoms with Crippen LogP contribution in [0.2, 0.25) is 5.02 Å². The molecule has 1 heterocycles. The van der Waals surface area contributed by atoms with Crippen molar-refractivity contribution >= 4 is 35.0 Å². The zero-order valence-electron chi connectivity index (χ0n) is 11.9. The molecule has 2 aromatic rings. The zero-order chi connectivity index (χ0) is 15.2. The molecule has 1 amide bonds. The fourth-order valence-corrected chi connectivity index (χ4v) is 2.33.